The van der Waals surface area contributed by atoms with Gasteiger partial charge in [-0.3, -0.25) is 9.69 Å². The number of hydrogen-bond donors (Lipinski definition) is 0. The van der Waals surface area contributed by atoms with Gasteiger partial charge in [0.1, 0.15) is 0 Å². The number of nitrogens with zero attached hydrogens (tertiary/aromatic N) is 2. The molecule has 0 unspecified atom stereocenters. The molecular weight excluding hydrogens is 368 g/mol. The minimum Gasteiger partial charge on any atom is -0.334 e. The number of rotatable bonds is 7. The third-order valence-corrected chi connectivity index (χ3v) is 5.85. The lowest BCUT2D eigenvalue weighted by Crippen LogP contribution is -2.44. The second-order valence-electron chi connectivity index (χ2n) is 8.23. The van der Waals surface area contributed by atoms with E-state index in [2.05, 4.69) is 59.5 Å². The van der Waals surface area contributed by atoms with Gasteiger partial charge in [-0.25, -0.2) is 0 Å². The highest BCUT2D eigenvalue weighted by Gasteiger charge is 2.29. The maximum absolute atomic E-state index is 13.6. The summed E-state index contributed by atoms with van der Waals surface area (Å²) in [7, 11) is 0. The standard InChI is InChI=1S/C27H30N2O/c30-27(26-17-10-18-28(22-26)19-23-11-4-1-5-12-23)29(20-24-13-6-2-7-14-24)21-25-15-8-3-9-16-25/h1-9,11-16,26H,10,17-22H2/t26-/m0/s1. The highest BCUT2D eigenvalue weighted by molar-refractivity contribution is 5.79. The first kappa shape index (κ1) is 20.4. The summed E-state index contributed by atoms with van der Waals surface area (Å²) in [4.78, 5) is 18.1. The number of amides is 1. The SMILES string of the molecule is O=C([C@H]1CCCN(Cc2ccccc2)C1)N(Cc1ccccc1)Cc1ccccc1. The van der Waals surface area contributed by atoms with Crippen molar-refractivity contribution in [3.05, 3.63) is 108 Å². The zero-order valence-corrected chi connectivity index (χ0v) is 17.5. The van der Waals surface area contributed by atoms with E-state index in [1.165, 1.54) is 16.7 Å². The molecule has 1 heterocycles. The first-order valence-corrected chi connectivity index (χ1v) is 10.9. The van der Waals surface area contributed by atoms with Crippen molar-refractivity contribution in [1.82, 2.24) is 9.80 Å². The molecule has 1 atom stereocenters. The van der Waals surface area contributed by atoms with Gasteiger partial charge in [0.15, 0.2) is 0 Å². The monoisotopic (exact) mass is 398 g/mol. The van der Waals surface area contributed by atoms with Crippen LogP contribution in [-0.2, 0) is 24.4 Å². The van der Waals surface area contributed by atoms with Crippen LogP contribution in [0.1, 0.15) is 29.5 Å². The van der Waals surface area contributed by atoms with E-state index in [-0.39, 0.29) is 11.8 Å². The summed E-state index contributed by atoms with van der Waals surface area (Å²) in [5.41, 5.74) is 3.67. The van der Waals surface area contributed by atoms with E-state index in [9.17, 15) is 4.79 Å². The van der Waals surface area contributed by atoms with Crippen molar-refractivity contribution in [3.63, 3.8) is 0 Å². The molecule has 4 rings (SSSR count). The van der Waals surface area contributed by atoms with Gasteiger partial charge in [0, 0.05) is 26.2 Å². The number of likely N-dealkylation sites (tertiary alicyclic amines) is 1. The second kappa shape index (κ2) is 10.2. The minimum atomic E-state index is 0.0647. The van der Waals surface area contributed by atoms with E-state index in [0.29, 0.717) is 13.1 Å². The summed E-state index contributed by atoms with van der Waals surface area (Å²) < 4.78 is 0. The van der Waals surface area contributed by atoms with Crippen LogP contribution >= 0.6 is 0 Å². The van der Waals surface area contributed by atoms with Crippen LogP contribution in [0.2, 0.25) is 0 Å². The van der Waals surface area contributed by atoms with Crippen molar-refractivity contribution in [1.29, 1.82) is 0 Å². The van der Waals surface area contributed by atoms with Crippen LogP contribution in [0.5, 0.6) is 0 Å². The zero-order valence-electron chi connectivity index (χ0n) is 17.5. The van der Waals surface area contributed by atoms with Crippen molar-refractivity contribution in [2.75, 3.05) is 13.1 Å². The van der Waals surface area contributed by atoms with Crippen molar-refractivity contribution in [3.8, 4) is 0 Å². The second-order valence-corrected chi connectivity index (χ2v) is 8.23. The third-order valence-electron chi connectivity index (χ3n) is 5.85. The van der Waals surface area contributed by atoms with Gasteiger partial charge in [0.25, 0.3) is 0 Å². The van der Waals surface area contributed by atoms with E-state index in [1.807, 2.05) is 41.3 Å². The maximum Gasteiger partial charge on any atom is 0.227 e. The van der Waals surface area contributed by atoms with Crippen LogP contribution in [0.3, 0.4) is 0 Å². The fourth-order valence-electron chi connectivity index (χ4n) is 4.32. The van der Waals surface area contributed by atoms with Crippen molar-refractivity contribution in [2.45, 2.75) is 32.5 Å². The van der Waals surface area contributed by atoms with Gasteiger partial charge >= 0.3 is 0 Å². The fraction of sp³-hybridized carbons (Fsp3) is 0.296. The van der Waals surface area contributed by atoms with Crippen LogP contribution in [0.15, 0.2) is 91.0 Å². The molecule has 1 fully saturated rings. The van der Waals surface area contributed by atoms with Crippen molar-refractivity contribution >= 4 is 5.91 Å². The molecule has 3 heteroatoms. The molecular formula is C27H30N2O. The smallest absolute Gasteiger partial charge is 0.227 e. The van der Waals surface area contributed by atoms with Gasteiger partial charge in [-0.05, 0) is 36.1 Å². The molecule has 3 aromatic carbocycles. The van der Waals surface area contributed by atoms with Crippen LogP contribution in [0.4, 0.5) is 0 Å². The lowest BCUT2D eigenvalue weighted by molar-refractivity contribution is -0.138. The van der Waals surface area contributed by atoms with Gasteiger partial charge in [0.05, 0.1) is 5.92 Å². The molecule has 1 amide bonds. The lowest BCUT2D eigenvalue weighted by Gasteiger charge is -2.35. The number of piperidine rings is 1. The summed E-state index contributed by atoms with van der Waals surface area (Å²) in [6, 6.07) is 31.2. The number of carbonyl (C=O) groups is 1. The zero-order chi connectivity index (χ0) is 20.6. The van der Waals surface area contributed by atoms with Crippen LogP contribution < -0.4 is 0 Å². The molecule has 1 aliphatic heterocycles. The average Bonchev–Trinajstić information content (AvgIpc) is 2.80. The third kappa shape index (κ3) is 5.58. The van der Waals surface area contributed by atoms with Crippen LogP contribution in [0, 0.1) is 5.92 Å². The van der Waals surface area contributed by atoms with Gasteiger partial charge in [-0.15, -0.1) is 0 Å². The lowest BCUT2D eigenvalue weighted by atomic mass is 9.95. The molecule has 30 heavy (non-hydrogen) atoms. The molecule has 3 aromatic rings. The molecule has 1 saturated heterocycles. The van der Waals surface area contributed by atoms with E-state index in [0.717, 1.165) is 32.5 Å². The van der Waals surface area contributed by atoms with Crippen LogP contribution in [0.25, 0.3) is 0 Å². The Morgan fingerprint density at radius 2 is 1.27 bits per heavy atom. The normalized spacial score (nSPS) is 16.9. The molecule has 0 bridgehead atoms. The largest absolute Gasteiger partial charge is 0.334 e. The van der Waals surface area contributed by atoms with E-state index < -0.39 is 0 Å². The molecule has 0 N–H and O–H groups in total. The summed E-state index contributed by atoms with van der Waals surface area (Å²) in [6.45, 7) is 4.14. The highest BCUT2D eigenvalue weighted by Crippen LogP contribution is 2.23. The Kier molecular flexibility index (Phi) is 6.94. The average molecular weight is 399 g/mol. The van der Waals surface area contributed by atoms with E-state index in [1.54, 1.807) is 0 Å². The highest BCUT2D eigenvalue weighted by atomic mass is 16.2. The summed E-state index contributed by atoms with van der Waals surface area (Å²) >= 11 is 0. The first-order valence-electron chi connectivity index (χ1n) is 10.9. The van der Waals surface area contributed by atoms with Crippen molar-refractivity contribution in [2.24, 2.45) is 5.92 Å². The quantitative estimate of drug-likeness (QED) is 0.551. The predicted molar refractivity (Wildman–Crippen MR) is 122 cm³/mol. The summed E-state index contributed by atoms with van der Waals surface area (Å²) in [5, 5.41) is 0. The van der Waals surface area contributed by atoms with E-state index in [4.69, 9.17) is 0 Å². The predicted octanol–water partition coefficient (Wildman–Crippen LogP) is 5.13. The maximum atomic E-state index is 13.6. The fourth-order valence-corrected chi connectivity index (χ4v) is 4.32. The number of hydrogen-bond acceptors (Lipinski definition) is 2. The van der Waals surface area contributed by atoms with Gasteiger partial charge in [0.2, 0.25) is 5.91 Å². The Bertz CT molecular complexity index is 870. The molecule has 154 valence electrons. The summed E-state index contributed by atoms with van der Waals surface area (Å²) in [5.74, 6) is 0.343. The van der Waals surface area contributed by atoms with Gasteiger partial charge < -0.3 is 4.90 Å². The molecule has 0 spiro atoms. The topological polar surface area (TPSA) is 23.6 Å². The minimum absolute atomic E-state index is 0.0647. The van der Waals surface area contributed by atoms with Crippen LogP contribution in [-0.4, -0.2) is 28.8 Å². The van der Waals surface area contributed by atoms with Gasteiger partial charge in [-0.2, -0.15) is 0 Å². The summed E-state index contributed by atoms with van der Waals surface area (Å²) in [6.07, 6.45) is 2.05. The number of benzene rings is 3. The number of carbonyl (C=O) groups excluding carboxylic acids is 1. The van der Waals surface area contributed by atoms with Gasteiger partial charge in [-0.1, -0.05) is 91.0 Å². The molecule has 1 aliphatic rings. The molecule has 0 aliphatic carbocycles. The molecule has 3 nitrogen and oxygen atoms in total. The molecule has 0 saturated carbocycles. The molecule has 0 radical (unpaired) electrons. The Morgan fingerprint density at radius 1 is 0.767 bits per heavy atom. The Morgan fingerprint density at radius 3 is 1.80 bits per heavy atom. The Hall–Kier alpha value is -2.91. The van der Waals surface area contributed by atoms with E-state index >= 15 is 0 Å². The Labute approximate surface area is 180 Å². The molecule has 0 aromatic heterocycles. The Balaban J connectivity index is 1.47. The first-order chi connectivity index (χ1) is 14.8. The van der Waals surface area contributed by atoms with Crippen molar-refractivity contribution < 1.29 is 4.79 Å².